The zero-order chi connectivity index (χ0) is 25.1. The van der Waals surface area contributed by atoms with Crippen molar-refractivity contribution in [1.82, 2.24) is 9.78 Å². The number of fused-ring (bicyclic) bond motifs is 5. The molecule has 2 N–H and O–H groups in total. The van der Waals surface area contributed by atoms with Gasteiger partial charge >= 0.3 is 0 Å². The quantitative estimate of drug-likeness (QED) is 0.598. The molecule has 6 nitrogen and oxygen atoms in total. The van der Waals surface area contributed by atoms with Gasteiger partial charge in [-0.15, -0.1) is 0 Å². The van der Waals surface area contributed by atoms with Crippen LogP contribution in [0.3, 0.4) is 0 Å². The summed E-state index contributed by atoms with van der Waals surface area (Å²) in [7, 11) is 0. The monoisotopic (exact) mass is 483 g/mol. The second-order valence-corrected chi connectivity index (χ2v) is 13.3. The van der Waals surface area contributed by atoms with Crippen molar-refractivity contribution in [2.75, 3.05) is 13.2 Å². The fourth-order valence-electron chi connectivity index (χ4n) is 9.71. The highest BCUT2D eigenvalue weighted by Gasteiger charge is 2.63. The molecule has 4 saturated carbocycles. The zero-order valence-corrected chi connectivity index (χ0v) is 22.2. The summed E-state index contributed by atoms with van der Waals surface area (Å²) in [4.78, 5) is 0. The Hall–Kier alpha value is -1.42. The minimum atomic E-state index is -0.850. The van der Waals surface area contributed by atoms with Gasteiger partial charge in [-0.2, -0.15) is 10.4 Å². The average Bonchev–Trinajstić information content (AvgIpc) is 3.42. The molecule has 0 unspecified atom stereocenters. The molecular formula is C29H45N3O3. The van der Waals surface area contributed by atoms with Gasteiger partial charge in [0.25, 0.3) is 0 Å². The first-order chi connectivity index (χ1) is 16.5. The Kier molecular flexibility index (Phi) is 6.38. The molecule has 4 aliphatic carbocycles. The Bertz CT molecular complexity index is 969. The number of hydrogen-bond donors (Lipinski definition) is 2. The first kappa shape index (κ1) is 25.2. The first-order valence-corrected chi connectivity index (χ1v) is 14.0. The molecule has 6 heteroatoms. The number of aliphatic hydroxyl groups is 2. The van der Waals surface area contributed by atoms with E-state index in [-0.39, 0.29) is 11.3 Å². The highest BCUT2D eigenvalue weighted by atomic mass is 16.5. The Morgan fingerprint density at radius 2 is 1.91 bits per heavy atom. The Balaban J connectivity index is 1.32. The lowest BCUT2D eigenvalue weighted by molar-refractivity contribution is -0.172. The van der Waals surface area contributed by atoms with E-state index in [9.17, 15) is 10.2 Å². The van der Waals surface area contributed by atoms with Gasteiger partial charge in [0.1, 0.15) is 6.07 Å². The predicted molar refractivity (Wildman–Crippen MR) is 134 cm³/mol. The molecule has 4 fully saturated rings. The van der Waals surface area contributed by atoms with Crippen LogP contribution >= 0.6 is 0 Å². The fraction of sp³-hybridized carbons (Fsp3) is 0.862. The van der Waals surface area contributed by atoms with Crippen LogP contribution in [0.4, 0.5) is 0 Å². The lowest BCUT2D eigenvalue weighted by Crippen LogP contribution is -2.57. The third-order valence-corrected chi connectivity index (χ3v) is 11.4. The Morgan fingerprint density at radius 3 is 2.63 bits per heavy atom. The molecule has 1 aromatic rings. The van der Waals surface area contributed by atoms with Crippen molar-refractivity contribution >= 4 is 0 Å². The maximum Gasteiger partial charge on any atom is 0.102 e. The minimum absolute atomic E-state index is 0.142. The molecule has 1 heterocycles. The third kappa shape index (κ3) is 4.16. The van der Waals surface area contributed by atoms with Crippen LogP contribution in [0.5, 0.6) is 0 Å². The largest absolute Gasteiger partial charge is 0.388 e. The molecular weight excluding hydrogens is 438 g/mol. The maximum atomic E-state index is 11.7. The van der Waals surface area contributed by atoms with Crippen LogP contribution in [0.25, 0.3) is 0 Å². The highest BCUT2D eigenvalue weighted by Crippen LogP contribution is 2.69. The standard InChI is InChI=1S/C29H45N3O3/c1-5-35-19-29(34)13-12-26(2)21(14-29)6-7-22-23-8-9-25(27(23,3)11-10-24(22)26)28(4,33)18-32-17-20(15-30)16-31-32/h16-17,21-25,33-34H,5-14,18-19H2,1-4H3/t21-,22+,23+,24+,25+,26+,27+,28+,29-/m1/s1. The molecule has 0 bridgehead atoms. The van der Waals surface area contributed by atoms with Gasteiger partial charge in [0.05, 0.1) is 36.1 Å². The Morgan fingerprint density at radius 1 is 1.14 bits per heavy atom. The van der Waals surface area contributed by atoms with Crippen LogP contribution < -0.4 is 0 Å². The molecule has 194 valence electrons. The van der Waals surface area contributed by atoms with Crippen molar-refractivity contribution in [3.63, 3.8) is 0 Å². The van der Waals surface area contributed by atoms with Crippen molar-refractivity contribution in [3.05, 3.63) is 18.0 Å². The number of hydrogen-bond acceptors (Lipinski definition) is 5. The van der Waals surface area contributed by atoms with E-state index in [2.05, 4.69) is 25.0 Å². The van der Waals surface area contributed by atoms with E-state index in [4.69, 9.17) is 10.00 Å². The summed E-state index contributed by atoms with van der Waals surface area (Å²) < 4.78 is 7.41. The van der Waals surface area contributed by atoms with Crippen molar-refractivity contribution in [3.8, 4) is 6.07 Å². The van der Waals surface area contributed by atoms with E-state index in [0.717, 1.165) is 37.5 Å². The molecule has 5 rings (SSSR count). The van der Waals surface area contributed by atoms with E-state index in [1.54, 1.807) is 17.1 Å². The van der Waals surface area contributed by atoms with Crippen LogP contribution in [0, 0.1) is 51.8 Å². The SMILES string of the molecule is CCOC[C@@]1(O)CC[C@@]2(C)[C@H](CC[C@@H]3[C@@H]2CC[C@@]2(C)[C@H]3CC[C@@H]2[C@@](C)(O)Cn2cc(C#N)cn2)C1. The number of aromatic nitrogens is 2. The molecule has 0 aromatic carbocycles. The number of ether oxygens (including phenoxy) is 1. The molecule has 0 saturated heterocycles. The van der Waals surface area contributed by atoms with E-state index in [0.29, 0.717) is 42.6 Å². The molecule has 0 radical (unpaired) electrons. The molecule has 9 atom stereocenters. The van der Waals surface area contributed by atoms with E-state index in [1.165, 1.54) is 32.1 Å². The number of nitriles is 1. The Labute approximate surface area is 211 Å². The van der Waals surface area contributed by atoms with E-state index >= 15 is 0 Å². The summed E-state index contributed by atoms with van der Waals surface area (Å²) in [6.07, 6.45) is 13.3. The van der Waals surface area contributed by atoms with Gasteiger partial charge in [-0.3, -0.25) is 4.68 Å². The van der Waals surface area contributed by atoms with Gasteiger partial charge in [-0.05, 0) is 112 Å². The van der Waals surface area contributed by atoms with Crippen LogP contribution in [-0.2, 0) is 11.3 Å². The molecule has 4 aliphatic rings. The molecule has 1 aromatic heterocycles. The van der Waals surface area contributed by atoms with Crippen molar-refractivity contribution in [2.24, 2.45) is 40.4 Å². The highest BCUT2D eigenvalue weighted by molar-refractivity contribution is 5.22. The summed E-state index contributed by atoms with van der Waals surface area (Å²) in [6, 6.07) is 2.14. The summed E-state index contributed by atoms with van der Waals surface area (Å²) >= 11 is 0. The van der Waals surface area contributed by atoms with Gasteiger partial charge in [-0.25, -0.2) is 0 Å². The smallest absolute Gasteiger partial charge is 0.102 e. The van der Waals surface area contributed by atoms with Gasteiger partial charge in [-0.1, -0.05) is 13.8 Å². The fourth-order valence-corrected chi connectivity index (χ4v) is 9.71. The van der Waals surface area contributed by atoms with Crippen LogP contribution in [0.15, 0.2) is 12.4 Å². The van der Waals surface area contributed by atoms with Crippen LogP contribution in [0.1, 0.15) is 91.0 Å². The van der Waals surface area contributed by atoms with Crippen molar-refractivity contribution in [1.29, 1.82) is 5.26 Å². The molecule has 0 spiro atoms. The third-order valence-electron chi connectivity index (χ3n) is 11.4. The second-order valence-electron chi connectivity index (χ2n) is 13.3. The summed E-state index contributed by atoms with van der Waals surface area (Å²) in [5.74, 6) is 2.94. The lowest BCUT2D eigenvalue weighted by Gasteiger charge is -2.62. The van der Waals surface area contributed by atoms with Gasteiger partial charge < -0.3 is 14.9 Å². The van der Waals surface area contributed by atoms with Gasteiger partial charge in [0.2, 0.25) is 0 Å². The van der Waals surface area contributed by atoms with Crippen molar-refractivity contribution in [2.45, 2.75) is 103 Å². The van der Waals surface area contributed by atoms with Gasteiger partial charge in [0, 0.05) is 12.8 Å². The lowest BCUT2D eigenvalue weighted by atomic mass is 9.43. The number of rotatable bonds is 6. The topological polar surface area (TPSA) is 91.3 Å². The summed E-state index contributed by atoms with van der Waals surface area (Å²) in [6.45, 7) is 10.6. The first-order valence-electron chi connectivity index (χ1n) is 14.0. The molecule has 0 aliphatic heterocycles. The predicted octanol–water partition coefficient (Wildman–Crippen LogP) is 4.93. The van der Waals surface area contributed by atoms with E-state index < -0.39 is 11.2 Å². The van der Waals surface area contributed by atoms with Crippen molar-refractivity contribution < 1.29 is 14.9 Å². The van der Waals surface area contributed by atoms with Crippen LogP contribution in [-0.4, -0.2) is 44.4 Å². The second kappa shape index (κ2) is 8.85. The summed E-state index contributed by atoms with van der Waals surface area (Å²) in [5.41, 5.74) is -0.500. The van der Waals surface area contributed by atoms with Gasteiger partial charge in [0.15, 0.2) is 0 Å². The normalized spacial score (nSPS) is 44.5. The minimum Gasteiger partial charge on any atom is -0.388 e. The molecule has 0 amide bonds. The zero-order valence-electron chi connectivity index (χ0n) is 22.2. The summed E-state index contributed by atoms with van der Waals surface area (Å²) in [5, 5.41) is 36.4. The maximum absolute atomic E-state index is 11.7. The van der Waals surface area contributed by atoms with E-state index in [1.807, 2.05) is 13.8 Å². The number of nitrogens with zero attached hydrogens (tertiary/aromatic N) is 3. The average molecular weight is 484 g/mol. The molecule has 35 heavy (non-hydrogen) atoms. The van der Waals surface area contributed by atoms with Crippen LogP contribution in [0.2, 0.25) is 0 Å².